The Morgan fingerprint density at radius 3 is 3.12 bits per heavy atom. The van der Waals surface area contributed by atoms with Gasteiger partial charge in [-0.25, -0.2) is 9.50 Å². The molecule has 0 aliphatic carbocycles. The number of nitrogens with zero attached hydrogens (tertiary/aromatic N) is 4. The lowest BCUT2D eigenvalue weighted by molar-refractivity contribution is -0.134. The zero-order valence-electron chi connectivity index (χ0n) is 13.7. The Bertz CT molecular complexity index is 855. The predicted molar refractivity (Wildman–Crippen MR) is 94.1 cm³/mol. The van der Waals surface area contributed by atoms with E-state index in [4.69, 9.17) is 4.98 Å². The van der Waals surface area contributed by atoms with Gasteiger partial charge in [0.25, 0.3) is 0 Å². The molecule has 4 rings (SSSR count). The molecule has 0 radical (unpaired) electrons. The fourth-order valence-electron chi connectivity index (χ4n) is 3.41. The number of carbonyl (C=O) groups is 1. The normalized spacial score (nSPS) is 18.2. The molecule has 3 aromatic heterocycles. The van der Waals surface area contributed by atoms with E-state index in [9.17, 15) is 4.79 Å². The number of aromatic nitrogens is 3. The Labute approximate surface area is 144 Å². The van der Waals surface area contributed by atoms with Gasteiger partial charge in [0.1, 0.15) is 0 Å². The van der Waals surface area contributed by atoms with E-state index in [1.54, 1.807) is 15.9 Å². The van der Waals surface area contributed by atoms with Crippen LogP contribution >= 0.6 is 11.3 Å². The number of hydrogen-bond donors (Lipinski definition) is 0. The molecule has 1 atom stereocenters. The van der Waals surface area contributed by atoms with Crippen LogP contribution in [0.15, 0.2) is 35.2 Å². The van der Waals surface area contributed by atoms with Crippen LogP contribution < -0.4 is 0 Å². The molecule has 1 aliphatic rings. The summed E-state index contributed by atoms with van der Waals surface area (Å²) in [5.74, 6) is 0.199. The molecular weight excluding hydrogens is 320 g/mol. The van der Waals surface area contributed by atoms with E-state index >= 15 is 0 Å². The Hall–Kier alpha value is -2.21. The van der Waals surface area contributed by atoms with Crippen LogP contribution in [0, 0.1) is 6.92 Å². The Kier molecular flexibility index (Phi) is 4.06. The van der Waals surface area contributed by atoms with Crippen LogP contribution in [0.1, 0.15) is 42.3 Å². The highest BCUT2D eigenvalue weighted by Gasteiger charge is 2.29. The van der Waals surface area contributed by atoms with Crippen LogP contribution in [0.5, 0.6) is 0 Å². The standard InChI is InChI=1S/C18H20N4OS/c1-13-10-17-19-15(5-8-22(17)20-13)16-4-2-3-7-21(16)18(23)11-14-6-9-24-12-14/h5-6,8-10,12,16H,2-4,7,11H2,1H3/t16-/m0/s1. The molecule has 0 unspecified atom stereocenters. The van der Waals surface area contributed by atoms with Crippen molar-refractivity contribution >= 4 is 22.9 Å². The van der Waals surface area contributed by atoms with Crippen molar-refractivity contribution in [2.75, 3.05) is 6.54 Å². The van der Waals surface area contributed by atoms with Crippen LogP contribution in [0.25, 0.3) is 5.65 Å². The highest BCUT2D eigenvalue weighted by atomic mass is 32.1. The van der Waals surface area contributed by atoms with E-state index in [1.807, 2.05) is 41.6 Å². The van der Waals surface area contributed by atoms with Crippen LogP contribution in [0.4, 0.5) is 0 Å². The third-order valence-electron chi connectivity index (χ3n) is 4.57. The van der Waals surface area contributed by atoms with Gasteiger partial charge in [-0.2, -0.15) is 16.4 Å². The lowest BCUT2D eigenvalue weighted by Gasteiger charge is -2.35. The lowest BCUT2D eigenvalue weighted by atomic mass is 9.98. The molecule has 4 heterocycles. The van der Waals surface area contributed by atoms with Crippen molar-refractivity contribution in [3.63, 3.8) is 0 Å². The maximum Gasteiger partial charge on any atom is 0.227 e. The summed E-state index contributed by atoms with van der Waals surface area (Å²) < 4.78 is 1.79. The summed E-state index contributed by atoms with van der Waals surface area (Å²) in [6, 6.07) is 6.08. The molecule has 3 aromatic rings. The molecule has 0 bridgehead atoms. The number of hydrogen-bond acceptors (Lipinski definition) is 4. The molecule has 0 saturated carbocycles. The van der Waals surface area contributed by atoms with Gasteiger partial charge in [0.2, 0.25) is 5.91 Å². The summed E-state index contributed by atoms with van der Waals surface area (Å²) in [7, 11) is 0. The SMILES string of the molecule is Cc1cc2nc([C@@H]3CCCCN3C(=O)Cc3ccsc3)ccn2n1. The van der Waals surface area contributed by atoms with Gasteiger partial charge in [-0.3, -0.25) is 4.79 Å². The van der Waals surface area contributed by atoms with Crippen molar-refractivity contribution in [2.45, 2.75) is 38.6 Å². The fourth-order valence-corrected chi connectivity index (χ4v) is 4.07. The topological polar surface area (TPSA) is 50.5 Å². The first kappa shape index (κ1) is 15.3. The minimum atomic E-state index is 0.0742. The van der Waals surface area contributed by atoms with Crippen molar-refractivity contribution in [3.8, 4) is 0 Å². The average molecular weight is 340 g/mol. The van der Waals surface area contributed by atoms with Gasteiger partial charge in [0.15, 0.2) is 5.65 Å². The maximum atomic E-state index is 12.8. The molecule has 0 N–H and O–H groups in total. The van der Waals surface area contributed by atoms with Crippen LogP contribution in [-0.4, -0.2) is 31.9 Å². The van der Waals surface area contributed by atoms with Crippen molar-refractivity contribution in [3.05, 3.63) is 52.1 Å². The van der Waals surface area contributed by atoms with Gasteiger partial charge in [-0.15, -0.1) is 0 Å². The number of aryl methyl sites for hydroxylation is 1. The quantitative estimate of drug-likeness (QED) is 0.734. The zero-order valence-corrected chi connectivity index (χ0v) is 14.5. The van der Waals surface area contributed by atoms with Gasteiger partial charge in [-0.1, -0.05) is 0 Å². The Balaban J connectivity index is 1.61. The van der Waals surface area contributed by atoms with Crippen LogP contribution in [0.2, 0.25) is 0 Å². The number of thiophene rings is 1. The van der Waals surface area contributed by atoms with Gasteiger partial charge < -0.3 is 4.90 Å². The molecule has 0 aromatic carbocycles. The van der Waals surface area contributed by atoms with E-state index in [2.05, 4.69) is 10.5 Å². The largest absolute Gasteiger partial charge is 0.334 e. The van der Waals surface area contributed by atoms with Gasteiger partial charge in [0.05, 0.1) is 23.9 Å². The van der Waals surface area contributed by atoms with E-state index in [0.717, 1.165) is 48.4 Å². The summed E-state index contributed by atoms with van der Waals surface area (Å²) in [5.41, 5.74) is 3.87. The molecule has 6 heteroatoms. The first-order valence-electron chi connectivity index (χ1n) is 8.34. The number of amides is 1. The molecule has 124 valence electrons. The monoisotopic (exact) mass is 340 g/mol. The summed E-state index contributed by atoms with van der Waals surface area (Å²) in [6.07, 6.45) is 5.61. The molecule has 1 amide bonds. The van der Waals surface area contributed by atoms with Crippen molar-refractivity contribution in [1.29, 1.82) is 0 Å². The lowest BCUT2D eigenvalue weighted by Crippen LogP contribution is -2.39. The maximum absolute atomic E-state index is 12.8. The molecule has 5 nitrogen and oxygen atoms in total. The Morgan fingerprint density at radius 2 is 2.29 bits per heavy atom. The second-order valence-corrected chi connectivity index (χ2v) is 7.13. The third-order valence-corrected chi connectivity index (χ3v) is 5.30. The Morgan fingerprint density at radius 1 is 1.38 bits per heavy atom. The number of carbonyl (C=O) groups excluding carboxylic acids is 1. The van der Waals surface area contributed by atoms with Gasteiger partial charge in [0, 0.05) is 18.8 Å². The van der Waals surface area contributed by atoms with E-state index in [1.165, 1.54) is 0 Å². The summed E-state index contributed by atoms with van der Waals surface area (Å²) in [5, 5.41) is 8.45. The molecule has 0 spiro atoms. The smallest absolute Gasteiger partial charge is 0.227 e. The van der Waals surface area contributed by atoms with Crippen molar-refractivity contribution in [2.24, 2.45) is 0 Å². The van der Waals surface area contributed by atoms with Gasteiger partial charge >= 0.3 is 0 Å². The van der Waals surface area contributed by atoms with Crippen molar-refractivity contribution in [1.82, 2.24) is 19.5 Å². The predicted octanol–water partition coefficient (Wildman–Crippen LogP) is 3.40. The minimum absolute atomic E-state index is 0.0742. The number of fused-ring (bicyclic) bond motifs is 1. The fraction of sp³-hybridized carbons (Fsp3) is 0.389. The minimum Gasteiger partial charge on any atom is -0.334 e. The molecule has 24 heavy (non-hydrogen) atoms. The average Bonchev–Trinajstić information content (AvgIpc) is 3.22. The first-order valence-corrected chi connectivity index (χ1v) is 9.28. The number of rotatable bonds is 3. The first-order chi connectivity index (χ1) is 11.7. The summed E-state index contributed by atoms with van der Waals surface area (Å²) in [4.78, 5) is 19.6. The molecule has 1 aliphatic heterocycles. The van der Waals surface area contributed by atoms with Gasteiger partial charge in [-0.05, 0) is 54.6 Å². The zero-order chi connectivity index (χ0) is 16.5. The van der Waals surface area contributed by atoms with Crippen LogP contribution in [0.3, 0.4) is 0 Å². The summed E-state index contributed by atoms with van der Waals surface area (Å²) >= 11 is 1.64. The summed E-state index contributed by atoms with van der Waals surface area (Å²) in [6.45, 7) is 2.78. The second-order valence-electron chi connectivity index (χ2n) is 6.35. The van der Waals surface area contributed by atoms with Crippen molar-refractivity contribution < 1.29 is 4.79 Å². The molecule has 1 fully saturated rings. The molecule has 1 saturated heterocycles. The number of piperidine rings is 1. The van der Waals surface area contributed by atoms with E-state index in [0.29, 0.717) is 6.42 Å². The second kappa shape index (κ2) is 6.36. The van der Waals surface area contributed by atoms with Crippen LogP contribution in [-0.2, 0) is 11.2 Å². The van der Waals surface area contributed by atoms with E-state index in [-0.39, 0.29) is 11.9 Å². The number of likely N-dealkylation sites (tertiary alicyclic amines) is 1. The highest BCUT2D eigenvalue weighted by molar-refractivity contribution is 7.08. The van der Waals surface area contributed by atoms with E-state index < -0.39 is 0 Å². The highest BCUT2D eigenvalue weighted by Crippen LogP contribution is 2.30. The molecular formula is C18H20N4OS. The third kappa shape index (κ3) is 2.94.